The summed E-state index contributed by atoms with van der Waals surface area (Å²) in [6, 6.07) is 6.09. The van der Waals surface area contributed by atoms with Crippen molar-refractivity contribution in [3.8, 4) is 0 Å². The van der Waals surface area contributed by atoms with Crippen molar-refractivity contribution in [2.45, 2.75) is 6.92 Å². The second-order valence-electron chi connectivity index (χ2n) is 4.96. The van der Waals surface area contributed by atoms with Crippen molar-refractivity contribution < 1.29 is 13.9 Å². The first kappa shape index (κ1) is 22.5. The van der Waals surface area contributed by atoms with Crippen LogP contribution in [0.15, 0.2) is 24.3 Å². The minimum atomic E-state index is -0.335. The molecule has 0 saturated heterocycles. The molecule has 8 heteroatoms. The van der Waals surface area contributed by atoms with Crippen LogP contribution < -0.4 is 10.6 Å². The molecule has 0 radical (unpaired) electrons. The van der Waals surface area contributed by atoms with Gasteiger partial charge < -0.3 is 15.4 Å². The van der Waals surface area contributed by atoms with Gasteiger partial charge in [-0.1, -0.05) is 0 Å². The Bertz CT molecular complexity index is 671. The number of methoxy groups -OCH3 is 1. The third kappa shape index (κ3) is 6.20. The average Bonchev–Trinajstić information content (AvgIpc) is 2.49. The normalized spacial score (nSPS) is 9.96. The van der Waals surface area contributed by atoms with Crippen molar-refractivity contribution in [1.29, 1.82) is 0 Å². The molecular formula is C16H22Cl2FN3O2. The second kappa shape index (κ2) is 11.1. The fourth-order valence-corrected chi connectivity index (χ4v) is 2.13. The molecule has 2 rings (SSSR count). The molecular weight excluding hydrogens is 356 g/mol. The molecule has 0 aliphatic heterocycles. The summed E-state index contributed by atoms with van der Waals surface area (Å²) in [5.74, 6) is -0.511. The van der Waals surface area contributed by atoms with Crippen LogP contribution in [0.4, 0.5) is 4.39 Å². The topological polar surface area (TPSA) is 63.2 Å². The third-order valence-corrected chi connectivity index (χ3v) is 3.29. The van der Waals surface area contributed by atoms with Crippen LogP contribution in [0.3, 0.4) is 0 Å². The summed E-state index contributed by atoms with van der Waals surface area (Å²) in [7, 11) is 1.64. The molecule has 1 aromatic heterocycles. The van der Waals surface area contributed by atoms with Gasteiger partial charge in [0.1, 0.15) is 5.82 Å². The van der Waals surface area contributed by atoms with Crippen molar-refractivity contribution in [3.05, 3.63) is 41.3 Å². The first-order valence-corrected chi connectivity index (χ1v) is 7.16. The molecule has 0 atom stereocenters. The number of halogens is 3. The van der Waals surface area contributed by atoms with Crippen LogP contribution in [0, 0.1) is 12.7 Å². The zero-order valence-electron chi connectivity index (χ0n) is 13.6. The highest BCUT2D eigenvalue weighted by Gasteiger charge is 2.11. The molecule has 2 N–H and O–H groups in total. The Labute approximate surface area is 153 Å². The Morgan fingerprint density at radius 1 is 1.21 bits per heavy atom. The van der Waals surface area contributed by atoms with Crippen LogP contribution in [-0.2, 0) is 4.74 Å². The van der Waals surface area contributed by atoms with Gasteiger partial charge in [0, 0.05) is 38.2 Å². The number of pyridine rings is 1. The van der Waals surface area contributed by atoms with Gasteiger partial charge in [-0.15, -0.1) is 24.8 Å². The average molecular weight is 378 g/mol. The van der Waals surface area contributed by atoms with Gasteiger partial charge in [-0.3, -0.25) is 9.78 Å². The van der Waals surface area contributed by atoms with Gasteiger partial charge in [0.25, 0.3) is 5.91 Å². The fourth-order valence-electron chi connectivity index (χ4n) is 2.13. The van der Waals surface area contributed by atoms with Gasteiger partial charge in [-0.05, 0) is 25.1 Å². The van der Waals surface area contributed by atoms with Crippen LogP contribution in [0.25, 0.3) is 10.9 Å². The lowest BCUT2D eigenvalue weighted by atomic mass is 10.1. The summed E-state index contributed by atoms with van der Waals surface area (Å²) in [5, 5.41) is 6.73. The molecule has 0 spiro atoms. The number of fused-ring (bicyclic) bond motifs is 1. The van der Waals surface area contributed by atoms with Gasteiger partial charge in [0.15, 0.2) is 0 Å². The number of nitrogens with zero attached hydrogens (tertiary/aromatic N) is 1. The number of benzene rings is 1. The zero-order chi connectivity index (χ0) is 15.9. The predicted octanol–water partition coefficient (Wildman–Crippen LogP) is 2.49. The van der Waals surface area contributed by atoms with Crippen molar-refractivity contribution in [3.63, 3.8) is 0 Å². The Morgan fingerprint density at radius 3 is 2.67 bits per heavy atom. The Hall–Kier alpha value is -1.47. The van der Waals surface area contributed by atoms with Gasteiger partial charge in [-0.25, -0.2) is 4.39 Å². The van der Waals surface area contributed by atoms with E-state index in [-0.39, 0.29) is 36.5 Å². The van der Waals surface area contributed by atoms with Crippen LogP contribution >= 0.6 is 24.8 Å². The van der Waals surface area contributed by atoms with E-state index in [9.17, 15) is 9.18 Å². The maximum atomic E-state index is 13.2. The van der Waals surface area contributed by atoms with Crippen molar-refractivity contribution >= 4 is 41.6 Å². The summed E-state index contributed by atoms with van der Waals surface area (Å²) in [5.41, 5.74) is 1.65. The zero-order valence-corrected chi connectivity index (χ0v) is 15.2. The summed E-state index contributed by atoms with van der Waals surface area (Å²) in [6.07, 6.45) is 0. The van der Waals surface area contributed by atoms with Crippen molar-refractivity contribution in [2.75, 3.05) is 33.4 Å². The number of ether oxygens (including phenoxy) is 1. The Kier molecular flexibility index (Phi) is 10.5. The number of hydrogen-bond donors (Lipinski definition) is 2. The summed E-state index contributed by atoms with van der Waals surface area (Å²) >= 11 is 0. The van der Waals surface area contributed by atoms with E-state index < -0.39 is 0 Å². The van der Waals surface area contributed by atoms with Crippen LogP contribution in [0.5, 0.6) is 0 Å². The molecule has 24 heavy (non-hydrogen) atoms. The number of aromatic nitrogens is 1. The molecule has 0 fully saturated rings. The Balaban J connectivity index is 0.00000264. The molecule has 0 aliphatic carbocycles. The summed E-state index contributed by atoms with van der Waals surface area (Å²) in [4.78, 5) is 16.5. The van der Waals surface area contributed by atoms with Crippen LogP contribution in [-0.4, -0.2) is 44.2 Å². The van der Waals surface area contributed by atoms with Crippen molar-refractivity contribution in [2.24, 2.45) is 0 Å². The minimum Gasteiger partial charge on any atom is -0.383 e. The van der Waals surface area contributed by atoms with Gasteiger partial charge >= 0.3 is 0 Å². The van der Waals surface area contributed by atoms with E-state index >= 15 is 0 Å². The SMILES string of the molecule is COCCNCCNC(=O)c1cc2ccc(F)cc2nc1C.Cl.Cl. The molecule has 0 saturated carbocycles. The molecule has 1 heterocycles. The lowest BCUT2D eigenvalue weighted by Crippen LogP contribution is -2.33. The first-order chi connectivity index (χ1) is 10.6. The highest BCUT2D eigenvalue weighted by Crippen LogP contribution is 2.17. The van der Waals surface area contributed by atoms with Gasteiger partial charge in [0.05, 0.1) is 23.4 Å². The molecule has 5 nitrogen and oxygen atoms in total. The van der Waals surface area contributed by atoms with E-state index in [0.717, 1.165) is 11.9 Å². The number of aryl methyl sites for hydroxylation is 1. The maximum Gasteiger partial charge on any atom is 0.253 e. The number of nitrogens with one attached hydrogen (secondary N) is 2. The molecule has 1 aromatic carbocycles. The van der Waals surface area contributed by atoms with Crippen LogP contribution in [0.1, 0.15) is 16.1 Å². The molecule has 1 amide bonds. The quantitative estimate of drug-likeness (QED) is 0.727. The maximum absolute atomic E-state index is 13.2. The number of carbonyl (C=O) groups excluding carboxylic acids is 1. The van der Waals surface area contributed by atoms with E-state index in [1.807, 2.05) is 0 Å². The number of amides is 1. The van der Waals surface area contributed by atoms with Crippen molar-refractivity contribution in [1.82, 2.24) is 15.6 Å². The third-order valence-electron chi connectivity index (χ3n) is 3.29. The largest absolute Gasteiger partial charge is 0.383 e. The monoisotopic (exact) mass is 377 g/mol. The summed E-state index contributed by atoms with van der Waals surface area (Å²) < 4.78 is 18.1. The molecule has 134 valence electrons. The Morgan fingerprint density at radius 2 is 1.96 bits per heavy atom. The van der Waals surface area contributed by atoms with Gasteiger partial charge in [0.2, 0.25) is 0 Å². The number of carbonyl (C=O) groups is 1. The molecule has 0 unspecified atom stereocenters. The highest BCUT2D eigenvalue weighted by atomic mass is 35.5. The molecule has 0 bridgehead atoms. The smallest absolute Gasteiger partial charge is 0.253 e. The fraction of sp³-hybridized carbons (Fsp3) is 0.375. The second-order valence-corrected chi connectivity index (χ2v) is 4.96. The van der Waals surface area contributed by atoms with E-state index in [2.05, 4.69) is 15.6 Å². The van der Waals surface area contributed by atoms with E-state index in [1.165, 1.54) is 12.1 Å². The lowest BCUT2D eigenvalue weighted by Gasteiger charge is -2.09. The first-order valence-electron chi connectivity index (χ1n) is 7.16. The minimum absolute atomic E-state index is 0. The molecule has 2 aromatic rings. The van der Waals surface area contributed by atoms with Gasteiger partial charge in [-0.2, -0.15) is 0 Å². The standard InChI is InChI=1S/C16H20FN3O2.2ClH/c1-11-14(16(21)19-6-5-18-7-8-22-2)9-12-3-4-13(17)10-15(12)20-11;;/h3-4,9-10,18H,5-8H2,1-2H3,(H,19,21);2*1H. The highest BCUT2D eigenvalue weighted by molar-refractivity contribution is 5.98. The predicted molar refractivity (Wildman–Crippen MR) is 98.0 cm³/mol. The lowest BCUT2D eigenvalue weighted by molar-refractivity contribution is 0.0953. The van der Waals surface area contributed by atoms with E-state index in [0.29, 0.717) is 36.5 Å². The van der Waals surface area contributed by atoms with E-state index in [4.69, 9.17) is 4.74 Å². The number of hydrogen-bond acceptors (Lipinski definition) is 4. The number of rotatable bonds is 7. The van der Waals surface area contributed by atoms with E-state index in [1.54, 1.807) is 26.2 Å². The molecule has 0 aliphatic rings. The van der Waals surface area contributed by atoms with Crippen LogP contribution in [0.2, 0.25) is 0 Å². The summed E-state index contributed by atoms with van der Waals surface area (Å²) in [6.45, 7) is 4.31.